The number of nitrogens with one attached hydrogen (secondary N) is 2. The maximum absolute atomic E-state index is 12.2. The van der Waals surface area contributed by atoms with Crippen LogP contribution in [0.4, 0.5) is 16.3 Å². The molecule has 9 heteroatoms. The Morgan fingerprint density at radius 2 is 1.90 bits per heavy atom. The maximum Gasteiger partial charge on any atom is 0.319 e. The summed E-state index contributed by atoms with van der Waals surface area (Å²) < 4.78 is 12.6. The number of rotatable bonds is 5. The first-order valence-corrected chi connectivity index (χ1v) is 10.5. The number of morpholine rings is 1. The van der Waals surface area contributed by atoms with Crippen molar-refractivity contribution in [2.75, 3.05) is 56.3 Å². The van der Waals surface area contributed by atoms with Gasteiger partial charge in [-0.2, -0.15) is 0 Å². The Labute approximate surface area is 180 Å². The molecule has 0 saturated carbocycles. The Kier molecular flexibility index (Phi) is 5.21. The average Bonchev–Trinajstić information content (AvgIpc) is 3.26. The summed E-state index contributed by atoms with van der Waals surface area (Å²) >= 11 is 0. The molecule has 2 aliphatic rings. The number of hydrogen-bond acceptors (Lipinski definition) is 6. The normalized spacial score (nSPS) is 17.9. The fourth-order valence-corrected chi connectivity index (χ4v) is 3.77. The van der Waals surface area contributed by atoms with Gasteiger partial charge in [0.15, 0.2) is 11.6 Å². The Morgan fingerprint density at radius 3 is 2.61 bits per heavy atom. The zero-order chi connectivity index (χ0) is 21.3. The van der Waals surface area contributed by atoms with Crippen LogP contribution in [0.2, 0.25) is 0 Å². The standard InChI is InChI=1S/C22H26N6O3/c1-22(14-31-15-22)13-23-21(29)24-17-6-4-16(5-7-17)19-25-20(27-9-11-30-12-10-27)18-3-2-8-28(18)26-19/h2-8H,9-15H2,1H3,(H2,23,24,29). The van der Waals surface area contributed by atoms with E-state index < -0.39 is 0 Å². The molecule has 2 aromatic heterocycles. The third-order valence-electron chi connectivity index (χ3n) is 5.66. The van der Waals surface area contributed by atoms with Crippen molar-refractivity contribution in [3.8, 4) is 11.4 Å². The molecule has 0 spiro atoms. The van der Waals surface area contributed by atoms with Crippen molar-refractivity contribution in [3.63, 3.8) is 0 Å². The van der Waals surface area contributed by atoms with Crippen LogP contribution in [0.25, 0.3) is 16.9 Å². The van der Waals surface area contributed by atoms with Crippen molar-refractivity contribution in [3.05, 3.63) is 42.6 Å². The number of benzene rings is 1. The molecule has 5 rings (SSSR count). The number of nitrogens with zero attached hydrogens (tertiary/aromatic N) is 4. The van der Waals surface area contributed by atoms with Gasteiger partial charge in [0.25, 0.3) is 0 Å². The van der Waals surface area contributed by atoms with Gasteiger partial charge >= 0.3 is 6.03 Å². The molecular weight excluding hydrogens is 396 g/mol. The van der Waals surface area contributed by atoms with Crippen molar-refractivity contribution < 1.29 is 14.3 Å². The molecule has 2 N–H and O–H groups in total. The summed E-state index contributed by atoms with van der Waals surface area (Å²) in [6.45, 7) is 7.05. The summed E-state index contributed by atoms with van der Waals surface area (Å²) in [4.78, 5) is 19.3. The molecular formula is C22H26N6O3. The van der Waals surface area contributed by atoms with Gasteiger partial charge < -0.3 is 25.0 Å². The molecule has 162 valence electrons. The van der Waals surface area contributed by atoms with E-state index in [4.69, 9.17) is 14.5 Å². The molecule has 0 atom stereocenters. The summed E-state index contributed by atoms with van der Waals surface area (Å²) in [6, 6.07) is 11.3. The van der Waals surface area contributed by atoms with E-state index in [1.165, 1.54) is 0 Å². The lowest BCUT2D eigenvalue weighted by Gasteiger charge is -2.37. The van der Waals surface area contributed by atoms with Crippen LogP contribution in [-0.2, 0) is 9.47 Å². The third kappa shape index (κ3) is 4.19. The van der Waals surface area contributed by atoms with Crippen LogP contribution in [0.1, 0.15) is 6.92 Å². The number of aromatic nitrogens is 3. The SMILES string of the molecule is CC1(CNC(=O)Nc2ccc(-c3nc(N4CCOCC4)c4cccn4n3)cc2)COC1. The highest BCUT2D eigenvalue weighted by molar-refractivity contribution is 5.89. The second-order valence-corrected chi connectivity index (χ2v) is 8.38. The number of hydrogen-bond donors (Lipinski definition) is 2. The molecule has 0 unspecified atom stereocenters. The van der Waals surface area contributed by atoms with Crippen LogP contribution < -0.4 is 15.5 Å². The second kappa shape index (κ2) is 8.16. The predicted molar refractivity (Wildman–Crippen MR) is 117 cm³/mol. The van der Waals surface area contributed by atoms with E-state index in [1.54, 1.807) is 0 Å². The topological polar surface area (TPSA) is 93.0 Å². The monoisotopic (exact) mass is 422 g/mol. The minimum absolute atomic E-state index is 0.0356. The fourth-order valence-electron chi connectivity index (χ4n) is 3.77. The Balaban J connectivity index is 1.31. The van der Waals surface area contributed by atoms with E-state index in [1.807, 2.05) is 47.1 Å². The number of urea groups is 1. The zero-order valence-corrected chi connectivity index (χ0v) is 17.5. The summed E-state index contributed by atoms with van der Waals surface area (Å²) in [5.41, 5.74) is 2.61. The van der Waals surface area contributed by atoms with Crippen LogP contribution in [0.15, 0.2) is 42.6 Å². The molecule has 9 nitrogen and oxygen atoms in total. The smallest absolute Gasteiger partial charge is 0.319 e. The molecule has 4 heterocycles. The van der Waals surface area contributed by atoms with E-state index in [0.717, 1.165) is 30.0 Å². The van der Waals surface area contributed by atoms with Gasteiger partial charge in [-0.05, 0) is 36.4 Å². The molecule has 0 bridgehead atoms. The van der Waals surface area contributed by atoms with Crippen molar-refractivity contribution in [1.29, 1.82) is 0 Å². The zero-order valence-electron chi connectivity index (χ0n) is 17.5. The van der Waals surface area contributed by atoms with Gasteiger partial charge in [0.05, 0.1) is 26.4 Å². The van der Waals surface area contributed by atoms with Crippen molar-refractivity contribution in [1.82, 2.24) is 19.9 Å². The first kappa shape index (κ1) is 19.8. The Hall–Kier alpha value is -3.17. The molecule has 1 aromatic carbocycles. The predicted octanol–water partition coefficient (Wildman–Crippen LogP) is 2.39. The number of amides is 2. The first-order chi connectivity index (χ1) is 15.1. The van der Waals surface area contributed by atoms with E-state index >= 15 is 0 Å². The summed E-state index contributed by atoms with van der Waals surface area (Å²) in [7, 11) is 0. The molecule has 2 saturated heterocycles. The second-order valence-electron chi connectivity index (χ2n) is 8.38. The summed E-state index contributed by atoms with van der Waals surface area (Å²) in [6.07, 6.45) is 1.93. The third-order valence-corrected chi connectivity index (χ3v) is 5.66. The van der Waals surface area contributed by atoms with Crippen molar-refractivity contribution in [2.45, 2.75) is 6.92 Å². The first-order valence-electron chi connectivity index (χ1n) is 10.5. The molecule has 3 aromatic rings. The quantitative estimate of drug-likeness (QED) is 0.656. The lowest BCUT2D eigenvalue weighted by Crippen LogP contribution is -2.49. The maximum atomic E-state index is 12.2. The number of fused-ring (bicyclic) bond motifs is 1. The highest BCUT2D eigenvalue weighted by Gasteiger charge is 2.33. The lowest BCUT2D eigenvalue weighted by atomic mass is 9.89. The van der Waals surface area contributed by atoms with Gasteiger partial charge in [0, 0.05) is 42.5 Å². The highest BCUT2D eigenvalue weighted by Crippen LogP contribution is 2.26. The van der Waals surface area contributed by atoms with Crippen molar-refractivity contribution >= 4 is 23.1 Å². The molecule has 2 amide bonds. The molecule has 2 fully saturated rings. The van der Waals surface area contributed by atoms with Gasteiger partial charge in [-0.15, -0.1) is 5.10 Å². The number of ether oxygens (including phenoxy) is 2. The minimum atomic E-state index is -0.222. The van der Waals surface area contributed by atoms with E-state index in [-0.39, 0.29) is 11.4 Å². The molecule has 31 heavy (non-hydrogen) atoms. The average molecular weight is 422 g/mol. The van der Waals surface area contributed by atoms with Crippen LogP contribution in [0, 0.1) is 5.41 Å². The lowest BCUT2D eigenvalue weighted by molar-refractivity contribution is -0.0974. The molecule has 0 radical (unpaired) electrons. The number of carbonyl (C=O) groups is 1. The van der Waals surface area contributed by atoms with Gasteiger partial charge in [-0.25, -0.2) is 14.3 Å². The summed E-state index contributed by atoms with van der Waals surface area (Å²) in [5, 5.41) is 10.4. The summed E-state index contributed by atoms with van der Waals surface area (Å²) in [5.74, 6) is 1.55. The highest BCUT2D eigenvalue weighted by atomic mass is 16.5. The van der Waals surface area contributed by atoms with E-state index in [2.05, 4.69) is 27.6 Å². The number of anilines is 2. The molecule has 0 aliphatic carbocycles. The van der Waals surface area contributed by atoms with Crippen LogP contribution in [0.5, 0.6) is 0 Å². The van der Waals surface area contributed by atoms with Crippen molar-refractivity contribution in [2.24, 2.45) is 5.41 Å². The Bertz CT molecular complexity index is 1070. The van der Waals surface area contributed by atoms with Gasteiger partial charge in [0.2, 0.25) is 0 Å². The number of carbonyl (C=O) groups excluding carboxylic acids is 1. The van der Waals surface area contributed by atoms with E-state index in [9.17, 15) is 4.79 Å². The Morgan fingerprint density at radius 1 is 1.13 bits per heavy atom. The van der Waals surface area contributed by atoms with Gasteiger partial charge in [-0.1, -0.05) is 6.92 Å². The fraction of sp³-hybridized carbons (Fsp3) is 0.409. The van der Waals surface area contributed by atoms with Crippen LogP contribution in [0.3, 0.4) is 0 Å². The minimum Gasteiger partial charge on any atom is -0.380 e. The van der Waals surface area contributed by atoms with Gasteiger partial charge in [0.1, 0.15) is 5.52 Å². The van der Waals surface area contributed by atoms with Crippen LogP contribution >= 0.6 is 0 Å². The van der Waals surface area contributed by atoms with Crippen LogP contribution in [-0.4, -0.2) is 66.7 Å². The van der Waals surface area contributed by atoms with E-state index in [0.29, 0.717) is 44.5 Å². The molecule has 2 aliphatic heterocycles. The van der Waals surface area contributed by atoms with Gasteiger partial charge in [-0.3, -0.25) is 0 Å². The largest absolute Gasteiger partial charge is 0.380 e.